The minimum Gasteiger partial charge on any atom is -0.507 e. The summed E-state index contributed by atoms with van der Waals surface area (Å²) in [6, 6.07) is 14.7. The van der Waals surface area contributed by atoms with E-state index in [0.717, 1.165) is 5.56 Å². The summed E-state index contributed by atoms with van der Waals surface area (Å²) in [6.07, 6.45) is 0.0925. The van der Waals surface area contributed by atoms with Gasteiger partial charge in [0.25, 0.3) is 10.0 Å². The van der Waals surface area contributed by atoms with Gasteiger partial charge in [-0.15, -0.1) is 0 Å². The number of carboxylic acid groups (broad SMARTS) is 1. The van der Waals surface area contributed by atoms with Crippen molar-refractivity contribution in [2.75, 3.05) is 4.72 Å². The number of aromatic hydroxyl groups is 1. The third kappa shape index (κ3) is 4.03. The number of benzene rings is 3. The van der Waals surface area contributed by atoms with E-state index in [1.165, 1.54) is 12.1 Å². The third-order valence-corrected chi connectivity index (χ3v) is 5.68. The van der Waals surface area contributed by atoms with E-state index >= 15 is 0 Å². The number of rotatable bonds is 6. The molecule has 0 heterocycles. The molecule has 0 saturated carbocycles. The molecule has 0 unspecified atom stereocenters. The van der Waals surface area contributed by atoms with Gasteiger partial charge in [0.05, 0.1) is 10.6 Å². The van der Waals surface area contributed by atoms with Crippen molar-refractivity contribution in [3.05, 3.63) is 65.7 Å². The zero-order chi connectivity index (χ0) is 19.6. The molecule has 0 aromatic heterocycles. The Kier molecular flexibility index (Phi) is 5.05. The first-order valence-electron chi connectivity index (χ1n) is 8.33. The quantitative estimate of drug-likeness (QED) is 0.601. The number of nitrogens with one attached hydrogen (secondary N) is 1. The van der Waals surface area contributed by atoms with E-state index in [4.69, 9.17) is 5.11 Å². The van der Waals surface area contributed by atoms with Gasteiger partial charge < -0.3 is 10.2 Å². The van der Waals surface area contributed by atoms with Crippen molar-refractivity contribution < 1.29 is 23.4 Å². The number of carboxylic acids is 1. The summed E-state index contributed by atoms with van der Waals surface area (Å²) in [4.78, 5) is 10.9. The molecule has 6 nitrogen and oxygen atoms in total. The highest BCUT2D eigenvalue weighted by Gasteiger charge is 2.17. The van der Waals surface area contributed by atoms with E-state index in [1.54, 1.807) is 42.5 Å². The molecular weight excluding hydrogens is 366 g/mol. The molecule has 3 aromatic carbocycles. The highest BCUT2D eigenvalue weighted by Crippen LogP contribution is 2.34. The van der Waals surface area contributed by atoms with Crippen LogP contribution < -0.4 is 4.72 Å². The number of aliphatic carboxylic acids is 1. The third-order valence-electron chi connectivity index (χ3n) is 4.30. The number of hydrogen-bond acceptors (Lipinski definition) is 4. The molecule has 140 valence electrons. The number of phenolic OH excluding ortho intramolecular Hbond substituents is 1. The van der Waals surface area contributed by atoms with Crippen LogP contribution in [0.25, 0.3) is 10.8 Å². The van der Waals surface area contributed by atoms with Gasteiger partial charge in [-0.1, -0.05) is 42.0 Å². The number of fused-ring (bicyclic) bond motifs is 1. The lowest BCUT2D eigenvalue weighted by Gasteiger charge is -2.13. The minimum absolute atomic E-state index is 0.0369. The van der Waals surface area contributed by atoms with Gasteiger partial charge in [-0.25, -0.2) is 8.42 Å². The zero-order valence-electron chi connectivity index (χ0n) is 14.6. The van der Waals surface area contributed by atoms with Crippen LogP contribution >= 0.6 is 0 Å². The number of phenols is 1. The number of hydrogen-bond donors (Lipinski definition) is 3. The summed E-state index contributed by atoms with van der Waals surface area (Å²) in [6.45, 7) is 1.87. The Morgan fingerprint density at radius 2 is 1.70 bits per heavy atom. The normalized spacial score (nSPS) is 11.4. The lowest BCUT2D eigenvalue weighted by Crippen LogP contribution is -2.13. The monoisotopic (exact) mass is 385 g/mol. The van der Waals surface area contributed by atoms with E-state index in [1.807, 2.05) is 6.92 Å². The highest BCUT2D eigenvalue weighted by molar-refractivity contribution is 7.92. The Morgan fingerprint density at radius 1 is 1.00 bits per heavy atom. The van der Waals surface area contributed by atoms with Crippen LogP contribution in [0.1, 0.15) is 17.5 Å². The van der Waals surface area contributed by atoms with Crippen molar-refractivity contribution in [3.8, 4) is 5.75 Å². The van der Waals surface area contributed by atoms with E-state index < -0.39 is 16.0 Å². The smallest absolute Gasteiger partial charge is 0.303 e. The Labute approximate surface area is 157 Å². The predicted molar refractivity (Wildman–Crippen MR) is 104 cm³/mol. The van der Waals surface area contributed by atoms with Crippen molar-refractivity contribution in [1.29, 1.82) is 0 Å². The molecule has 7 heteroatoms. The first-order valence-corrected chi connectivity index (χ1v) is 9.81. The molecule has 3 aromatic rings. The van der Waals surface area contributed by atoms with Crippen LogP contribution in [0.5, 0.6) is 5.75 Å². The van der Waals surface area contributed by atoms with Gasteiger partial charge in [-0.05, 0) is 37.1 Å². The molecule has 3 N–H and O–H groups in total. The average molecular weight is 385 g/mol. The maximum atomic E-state index is 12.6. The van der Waals surface area contributed by atoms with E-state index in [-0.39, 0.29) is 23.5 Å². The topological polar surface area (TPSA) is 104 Å². The van der Waals surface area contributed by atoms with Crippen LogP contribution in [0.3, 0.4) is 0 Å². The van der Waals surface area contributed by atoms with Crippen LogP contribution in [-0.2, 0) is 21.2 Å². The molecule has 0 spiro atoms. The number of sulfonamides is 1. The van der Waals surface area contributed by atoms with Gasteiger partial charge >= 0.3 is 5.97 Å². The molecule has 0 atom stereocenters. The second-order valence-electron chi connectivity index (χ2n) is 6.29. The number of anilines is 1. The van der Waals surface area contributed by atoms with Crippen molar-refractivity contribution in [2.45, 2.75) is 24.7 Å². The van der Waals surface area contributed by atoms with Crippen molar-refractivity contribution >= 4 is 32.5 Å². The summed E-state index contributed by atoms with van der Waals surface area (Å²) in [7, 11) is -3.78. The summed E-state index contributed by atoms with van der Waals surface area (Å²) in [5.41, 5.74) is 1.80. The van der Waals surface area contributed by atoms with E-state index in [2.05, 4.69) is 4.72 Å². The maximum Gasteiger partial charge on any atom is 0.303 e. The zero-order valence-corrected chi connectivity index (χ0v) is 15.5. The van der Waals surface area contributed by atoms with Crippen LogP contribution in [-0.4, -0.2) is 24.6 Å². The van der Waals surface area contributed by atoms with Crippen molar-refractivity contribution in [1.82, 2.24) is 0 Å². The molecule has 27 heavy (non-hydrogen) atoms. The number of aryl methyl sites for hydroxylation is 2. The molecule has 0 fully saturated rings. The standard InChI is InChI=1S/C20H19NO5S/c1-13-5-9-15(10-6-13)27(25,26)21-18-4-2-3-17-16(18)11-7-14(20(17)24)8-12-19(22)23/h2-7,9-11,21,24H,8,12H2,1H3,(H,22,23). The highest BCUT2D eigenvalue weighted by atomic mass is 32.2. The molecule has 0 aliphatic rings. The maximum absolute atomic E-state index is 12.6. The predicted octanol–water partition coefficient (Wildman–Crippen LogP) is 3.67. The van der Waals surface area contributed by atoms with Gasteiger partial charge in [0.15, 0.2) is 0 Å². The van der Waals surface area contributed by atoms with Crippen LogP contribution in [0.15, 0.2) is 59.5 Å². The van der Waals surface area contributed by atoms with E-state index in [0.29, 0.717) is 22.0 Å². The number of carbonyl (C=O) groups is 1. The molecule has 0 radical (unpaired) electrons. The van der Waals surface area contributed by atoms with Crippen LogP contribution in [0, 0.1) is 6.92 Å². The lowest BCUT2D eigenvalue weighted by atomic mass is 10.0. The molecule has 0 bridgehead atoms. The summed E-state index contributed by atoms with van der Waals surface area (Å²) < 4.78 is 27.9. The molecule has 3 rings (SSSR count). The summed E-state index contributed by atoms with van der Waals surface area (Å²) in [5.74, 6) is -0.987. The van der Waals surface area contributed by atoms with Crippen LogP contribution in [0.2, 0.25) is 0 Å². The van der Waals surface area contributed by atoms with E-state index in [9.17, 15) is 18.3 Å². The fourth-order valence-electron chi connectivity index (χ4n) is 2.84. The summed E-state index contributed by atoms with van der Waals surface area (Å²) >= 11 is 0. The summed E-state index contributed by atoms with van der Waals surface area (Å²) in [5, 5.41) is 20.3. The molecule has 0 aliphatic heterocycles. The van der Waals surface area contributed by atoms with Crippen LogP contribution in [0.4, 0.5) is 5.69 Å². The van der Waals surface area contributed by atoms with Gasteiger partial charge in [0.2, 0.25) is 0 Å². The fourth-order valence-corrected chi connectivity index (χ4v) is 3.92. The first kappa shape index (κ1) is 18.7. The lowest BCUT2D eigenvalue weighted by molar-refractivity contribution is -0.136. The van der Waals surface area contributed by atoms with Gasteiger partial charge in [0, 0.05) is 17.2 Å². The Balaban J connectivity index is 1.99. The Morgan fingerprint density at radius 3 is 2.37 bits per heavy atom. The molecular formula is C20H19NO5S. The Bertz CT molecular complexity index is 1110. The second kappa shape index (κ2) is 7.28. The molecule has 0 aliphatic carbocycles. The minimum atomic E-state index is -3.78. The van der Waals surface area contributed by atoms with Gasteiger partial charge in [0.1, 0.15) is 5.75 Å². The average Bonchev–Trinajstić information content (AvgIpc) is 2.61. The molecule has 0 amide bonds. The first-order chi connectivity index (χ1) is 12.8. The fraction of sp³-hybridized carbons (Fsp3) is 0.150. The largest absolute Gasteiger partial charge is 0.507 e. The molecule has 0 saturated heterocycles. The van der Waals surface area contributed by atoms with Gasteiger partial charge in [-0.2, -0.15) is 0 Å². The SMILES string of the molecule is Cc1ccc(S(=O)(=O)Nc2cccc3c(O)c(CCC(=O)O)ccc23)cc1. The van der Waals surface area contributed by atoms with Crippen molar-refractivity contribution in [2.24, 2.45) is 0 Å². The van der Waals surface area contributed by atoms with Gasteiger partial charge in [-0.3, -0.25) is 9.52 Å². The second-order valence-corrected chi connectivity index (χ2v) is 7.97. The van der Waals surface area contributed by atoms with Crippen molar-refractivity contribution in [3.63, 3.8) is 0 Å². The Hall–Kier alpha value is -3.06.